The monoisotopic (exact) mass is 363 g/mol. The minimum Gasteiger partial charge on any atom is -0.493 e. The molecule has 0 aromatic heterocycles. The predicted molar refractivity (Wildman–Crippen MR) is 83.5 cm³/mol. The average molecular weight is 364 g/mol. The molecule has 0 spiro atoms. The molecule has 2 rings (SSSR count). The van der Waals surface area contributed by atoms with Gasteiger partial charge in [0.1, 0.15) is 6.04 Å². The highest BCUT2D eigenvalue weighted by atomic mass is 35.5. The Morgan fingerprint density at radius 3 is 2.43 bits per heavy atom. The molecule has 1 aliphatic heterocycles. The molecular weight excluding hydrogens is 346 g/mol. The zero-order chi connectivity index (χ0) is 17.2. The van der Waals surface area contributed by atoms with Crippen LogP contribution in [-0.4, -0.2) is 58.0 Å². The van der Waals surface area contributed by atoms with E-state index in [4.69, 9.17) is 21.1 Å². The van der Waals surface area contributed by atoms with Crippen molar-refractivity contribution in [3.63, 3.8) is 0 Å². The van der Waals surface area contributed by atoms with E-state index in [0.717, 1.165) is 4.31 Å². The molecule has 0 amide bonds. The van der Waals surface area contributed by atoms with Crippen molar-refractivity contribution >= 4 is 27.6 Å². The molecule has 0 saturated carbocycles. The Kier molecular flexibility index (Phi) is 5.38. The number of halogens is 1. The smallest absolute Gasteiger partial charge is 0.324 e. The molecule has 23 heavy (non-hydrogen) atoms. The van der Waals surface area contributed by atoms with Crippen LogP contribution in [0.1, 0.15) is 6.42 Å². The Labute approximate surface area is 140 Å². The Morgan fingerprint density at radius 2 is 1.87 bits per heavy atom. The minimum absolute atomic E-state index is 0.00480. The summed E-state index contributed by atoms with van der Waals surface area (Å²) in [6.07, 6.45) is 0.209. The first-order chi connectivity index (χ1) is 10.8. The summed E-state index contributed by atoms with van der Waals surface area (Å²) in [4.78, 5) is 11.8. The second-order valence-electron chi connectivity index (χ2n) is 4.96. The lowest BCUT2D eigenvalue weighted by molar-refractivity contribution is -0.144. The molecule has 7 nitrogen and oxygen atoms in total. The molecule has 0 unspecified atom stereocenters. The van der Waals surface area contributed by atoms with E-state index < -0.39 is 27.4 Å². The third-order valence-electron chi connectivity index (χ3n) is 3.64. The maximum Gasteiger partial charge on any atom is 0.324 e. The van der Waals surface area contributed by atoms with Crippen molar-refractivity contribution in [3.8, 4) is 11.5 Å². The van der Waals surface area contributed by atoms with Gasteiger partial charge in [-0.05, 0) is 18.6 Å². The molecule has 0 N–H and O–H groups in total. The number of nitrogens with zero attached hydrogens (tertiary/aromatic N) is 1. The quantitative estimate of drug-likeness (QED) is 0.578. The average Bonchev–Trinajstić information content (AvgIpc) is 2.96. The molecular formula is C14H18ClNO6S. The van der Waals surface area contributed by atoms with Crippen LogP contribution >= 0.6 is 11.6 Å². The molecule has 2 atom stereocenters. The van der Waals surface area contributed by atoms with Crippen molar-refractivity contribution in [3.05, 3.63) is 18.2 Å². The van der Waals surface area contributed by atoms with E-state index in [0.29, 0.717) is 5.75 Å². The highest BCUT2D eigenvalue weighted by Crippen LogP contribution is 2.34. The number of esters is 1. The largest absolute Gasteiger partial charge is 0.493 e. The van der Waals surface area contributed by atoms with E-state index in [9.17, 15) is 13.2 Å². The van der Waals surface area contributed by atoms with E-state index in [1.165, 1.54) is 39.5 Å². The molecule has 0 aliphatic carbocycles. The topological polar surface area (TPSA) is 82.1 Å². The Balaban J connectivity index is 2.43. The molecule has 1 aliphatic rings. The van der Waals surface area contributed by atoms with Crippen LogP contribution in [0.4, 0.5) is 0 Å². The van der Waals surface area contributed by atoms with Crippen molar-refractivity contribution in [2.75, 3.05) is 27.9 Å². The van der Waals surface area contributed by atoms with Crippen LogP contribution in [0.25, 0.3) is 0 Å². The molecule has 1 heterocycles. The zero-order valence-electron chi connectivity index (χ0n) is 13.0. The molecule has 1 fully saturated rings. The highest BCUT2D eigenvalue weighted by molar-refractivity contribution is 7.89. The van der Waals surface area contributed by atoms with Gasteiger partial charge in [-0.2, -0.15) is 4.31 Å². The highest BCUT2D eigenvalue weighted by Gasteiger charge is 2.44. The molecule has 9 heteroatoms. The van der Waals surface area contributed by atoms with Crippen molar-refractivity contribution in [2.24, 2.45) is 0 Å². The van der Waals surface area contributed by atoms with Crippen molar-refractivity contribution < 1.29 is 27.4 Å². The lowest BCUT2D eigenvalue weighted by Crippen LogP contribution is -2.41. The van der Waals surface area contributed by atoms with Gasteiger partial charge in [0.15, 0.2) is 11.5 Å². The summed E-state index contributed by atoms with van der Waals surface area (Å²) in [5.74, 6) is 0.0645. The van der Waals surface area contributed by atoms with Crippen LogP contribution in [0.15, 0.2) is 23.1 Å². The molecule has 128 valence electrons. The fourth-order valence-electron chi connectivity index (χ4n) is 2.48. The van der Waals surface area contributed by atoms with E-state index >= 15 is 0 Å². The Morgan fingerprint density at radius 1 is 1.22 bits per heavy atom. The first kappa shape index (κ1) is 17.8. The fourth-order valence-corrected chi connectivity index (χ4v) is 4.53. The van der Waals surface area contributed by atoms with Crippen LogP contribution in [0.3, 0.4) is 0 Å². The summed E-state index contributed by atoms with van der Waals surface area (Å²) in [6.45, 7) is 0.0397. The number of rotatable bonds is 5. The summed E-state index contributed by atoms with van der Waals surface area (Å²) in [5, 5.41) is -0.450. The summed E-state index contributed by atoms with van der Waals surface area (Å²) < 4.78 is 41.6. The number of hydrogen-bond acceptors (Lipinski definition) is 6. The number of hydrogen-bond donors (Lipinski definition) is 0. The Bertz CT molecular complexity index is 693. The lowest BCUT2D eigenvalue weighted by atomic mass is 10.2. The minimum atomic E-state index is -3.92. The van der Waals surface area contributed by atoms with Gasteiger partial charge in [0.25, 0.3) is 0 Å². The first-order valence-electron chi connectivity index (χ1n) is 6.81. The number of benzene rings is 1. The summed E-state index contributed by atoms with van der Waals surface area (Å²) in [5.41, 5.74) is 0. The molecule has 1 aromatic rings. The number of ether oxygens (including phenoxy) is 3. The van der Waals surface area contributed by atoms with Gasteiger partial charge in [-0.15, -0.1) is 11.6 Å². The van der Waals surface area contributed by atoms with E-state index in [1.54, 1.807) is 0 Å². The predicted octanol–water partition coefficient (Wildman–Crippen LogP) is 1.25. The van der Waals surface area contributed by atoms with E-state index in [-0.39, 0.29) is 23.6 Å². The van der Waals surface area contributed by atoms with Crippen molar-refractivity contribution in [1.82, 2.24) is 4.31 Å². The van der Waals surface area contributed by atoms with Crippen LogP contribution in [0.2, 0.25) is 0 Å². The zero-order valence-corrected chi connectivity index (χ0v) is 14.6. The van der Waals surface area contributed by atoms with Gasteiger partial charge in [-0.3, -0.25) is 4.79 Å². The number of sulfonamides is 1. The summed E-state index contributed by atoms with van der Waals surface area (Å²) in [7, 11) is 0.161. The SMILES string of the molecule is COC(=O)[C@@H]1C[C@H](Cl)CN1S(=O)(=O)c1ccc(OC)c(OC)c1. The standard InChI is InChI=1S/C14H18ClNO6S/c1-20-12-5-4-10(7-13(12)21-2)23(18,19)16-8-9(15)6-11(16)14(17)22-3/h4-5,7,9,11H,6,8H2,1-3H3/t9-,11-/m0/s1. The lowest BCUT2D eigenvalue weighted by Gasteiger charge is -2.22. The van der Waals surface area contributed by atoms with Crippen molar-refractivity contribution in [2.45, 2.75) is 22.7 Å². The maximum atomic E-state index is 12.8. The van der Waals surface area contributed by atoms with Crippen LogP contribution < -0.4 is 9.47 Å². The van der Waals surface area contributed by atoms with Gasteiger partial charge < -0.3 is 14.2 Å². The van der Waals surface area contributed by atoms with Gasteiger partial charge in [0.05, 0.1) is 26.2 Å². The summed E-state index contributed by atoms with van der Waals surface area (Å²) in [6, 6.07) is 3.31. The number of carbonyl (C=O) groups excluding carboxylic acids is 1. The second-order valence-corrected chi connectivity index (χ2v) is 7.47. The maximum absolute atomic E-state index is 12.8. The number of alkyl halides is 1. The van der Waals surface area contributed by atoms with Gasteiger partial charge in [-0.25, -0.2) is 8.42 Å². The second kappa shape index (κ2) is 6.94. The van der Waals surface area contributed by atoms with Crippen LogP contribution in [0.5, 0.6) is 11.5 Å². The van der Waals surface area contributed by atoms with Gasteiger partial charge in [0, 0.05) is 18.0 Å². The first-order valence-corrected chi connectivity index (χ1v) is 8.68. The van der Waals surface area contributed by atoms with Crippen LogP contribution in [-0.2, 0) is 19.6 Å². The summed E-state index contributed by atoms with van der Waals surface area (Å²) >= 11 is 6.04. The van der Waals surface area contributed by atoms with Gasteiger partial charge in [0.2, 0.25) is 10.0 Å². The fraction of sp³-hybridized carbons (Fsp3) is 0.500. The molecule has 0 radical (unpaired) electrons. The number of carbonyl (C=O) groups is 1. The van der Waals surface area contributed by atoms with E-state index in [2.05, 4.69) is 4.74 Å². The third-order valence-corrected chi connectivity index (χ3v) is 5.83. The van der Waals surface area contributed by atoms with Crippen molar-refractivity contribution in [1.29, 1.82) is 0 Å². The molecule has 0 bridgehead atoms. The van der Waals surface area contributed by atoms with Crippen LogP contribution in [0, 0.1) is 0 Å². The van der Waals surface area contributed by atoms with E-state index in [1.807, 2.05) is 0 Å². The normalized spacial score (nSPS) is 21.9. The Hall–Kier alpha value is -1.51. The van der Waals surface area contributed by atoms with Gasteiger partial charge >= 0.3 is 5.97 Å². The third kappa shape index (κ3) is 3.39. The number of methoxy groups -OCH3 is 3. The molecule has 1 aromatic carbocycles. The molecule has 1 saturated heterocycles. The van der Waals surface area contributed by atoms with Gasteiger partial charge in [-0.1, -0.05) is 0 Å².